The van der Waals surface area contributed by atoms with E-state index < -0.39 is 5.97 Å². The Morgan fingerprint density at radius 2 is 1.83 bits per heavy atom. The normalized spacial score (nSPS) is 10.7. The van der Waals surface area contributed by atoms with Crippen LogP contribution in [0.15, 0.2) is 59.4 Å². The minimum absolute atomic E-state index is 0.0637. The van der Waals surface area contributed by atoms with Gasteiger partial charge in [0.05, 0.1) is 28.4 Å². The molecule has 0 N–H and O–H groups in total. The van der Waals surface area contributed by atoms with Gasteiger partial charge < -0.3 is 4.74 Å². The third-order valence-corrected chi connectivity index (χ3v) is 4.46. The van der Waals surface area contributed by atoms with Crippen molar-refractivity contribution in [2.75, 3.05) is 0 Å². The molecular weight excluding hydrogens is 384 g/mol. The second kappa shape index (κ2) is 7.97. The van der Waals surface area contributed by atoms with Gasteiger partial charge in [0.25, 0.3) is 5.56 Å². The Kier molecular flexibility index (Phi) is 5.05. The van der Waals surface area contributed by atoms with Gasteiger partial charge in [0.2, 0.25) is 0 Å². The first-order valence-corrected chi connectivity index (χ1v) is 9.10. The number of benzene rings is 2. The van der Waals surface area contributed by atoms with Crippen LogP contribution in [-0.4, -0.2) is 30.5 Å². The molecule has 0 bridgehead atoms. The van der Waals surface area contributed by atoms with E-state index in [2.05, 4.69) is 15.2 Å². The van der Waals surface area contributed by atoms with E-state index in [1.807, 2.05) is 36.4 Å². The van der Waals surface area contributed by atoms with Gasteiger partial charge in [0.15, 0.2) is 11.5 Å². The SMILES string of the molecule is Cc1nn(-c2ccccc2)nc1C(=O)OCc1nc2ccccc2c(=O)n1CC#N. The van der Waals surface area contributed by atoms with Crippen LogP contribution in [0.3, 0.4) is 0 Å². The van der Waals surface area contributed by atoms with Crippen LogP contribution in [0.2, 0.25) is 0 Å². The fourth-order valence-corrected chi connectivity index (χ4v) is 3.00. The first-order chi connectivity index (χ1) is 14.6. The number of nitrogens with zero attached hydrogens (tertiary/aromatic N) is 6. The monoisotopic (exact) mass is 400 g/mol. The Hall–Kier alpha value is -4.32. The molecule has 0 spiro atoms. The first-order valence-electron chi connectivity index (χ1n) is 9.10. The summed E-state index contributed by atoms with van der Waals surface area (Å²) in [7, 11) is 0. The van der Waals surface area contributed by atoms with Crippen molar-refractivity contribution < 1.29 is 9.53 Å². The summed E-state index contributed by atoms with van der Waals surface area (Å²) in [5.74, 6) is -0.512. The van der Waals surface area contributed by atoms with Crippen molar-refractivity contribution in [3.05, 3.63) is 82.2 Å². The van der Waals surface area contributed by atoms with Crippen LogP contribution in [0.5, 0.6) is 0 Å². The van der Waals surface area contributed by atoms with E-state index in [9.17, 15) is 9.59 Å². The number of carbonyl (C=O) groups is 1. The number of para-hydroxylation sites is 2. The maximum Gasteiger partial charge on any atom is 0.361 e. The van der Waals surface area contributed by atoms with Crippen LogP contribution < -0.4 is 5.56 Å². The van der Waals surface area contributed by atoms with Crippen LogP contribution in [0.1, 0.15) is 22.0 Å². The maximum absolute atomic E-state index is 12.7. The minimum Gasteiger partial charge on any atom is -0.453 e. The van der Waals surface area contributed by atoms with Gasteiger partial charge in [0.1, 0.15) is 13.2 Å². The Morgan fingerprint density at radius 3 is 2.60 bits per heavy atom. The summed E-state index contributed by atoms with van der Waals surface area (Å²) in [4.78, 5) is 31.0. The van der Waals surface area contributed by atoms with Crippen LogP contribution in [0, 0.1) is 18.3 Å². The Morgan fingerprint density at radius 1 is 1.10 bits per heavy atom. The average molecular weight is 400 g/mol. The van der Waals surface area contributed by atoms with Gasteiger partial charge in [-0.1, -0.05) is 30.3 Å². The molecule has 0 fully saturated rings. The molecule has 0 aliphatic rings. The third-order valence-electron chi connectivity index (χ3n) is 4.46. The molecule has 30 heavy (non-hydrogen) atoms. The molecule has 0 amide bonds. The van der Waals surface area contributed by atoms with Crippen molar-refractivity contribution >= 4 is 16.9 Å². The highest BCUT2D eigenvalue weighted by atomic mass is 16.5. The zero-order chi connectivity index (χ0) is 21.1. The van der Waals surface area contributed by atoms with Crippen molar-refractivity contribution in [3.8, 4) is 11.8 Å². The fraction of sp³-hybridized carbons (Fsp3) is 0.143. The lowest BCUT2D eigenvalue weighted by Gasteiger charge is -2.10. The standard InChI is InChI=1S/C21H16N6O3/c1-14-19(25-27(24-14)15-7-3-2-4-8-15)21(29)30-13-18-23-17-10-6-5-9-16(17)20(28)26(18)12-11-22/h2-10H,12-13H2,1H3. The number of aryl methyl sites for hydroxylation is 1. The number of ether oxygens (including phenoxy) is 1. The smallest absolute Gasteiger partial charge is 0.361 e. The Balaban J connectivity index is 1.61. The number of rotatable bonds is 5. The molecule has 2 aromatic heterocycles. The molecule has 4 aromatic rings. The van der Waals surface area contributed by atoms with Crippen molar-refractivity contribution in [2.45, 2.75) is 20.1 Å². The minimum atomic E-state index is -0.694. The predicted octanol–water partition coefficient (Wildman–Crippen LogP) is 2.17. The van der Waals surface area contributed by atoms with E-state index in [-0.39, 0.29) is 30.2 Å². The van der Waals surface area contributed by atoms with Crippen LogP contribution in [0.4, 0.5) is 0 Å². The highest BCUT2D eigenvalue weighted by Gasteiger charge is 2.19. The lowest BCUT2D eigenvalue weighted by molar-refractivity contribution is 0.0449. The molecule has 0 saturated heterocycles. The molecule has 9 nitrogen and oxygen atoms in total. The number of esters is 1. The van der Waals surface area contributed by atoms with E-state index >= 15 is 0 Å². The molecule has 2 heterocycles. The molecule has 0 unspecified atom stereocenters. The summed E-state index contributed by atoms with van der Waals surface area (Å²) in [5, 5.41) is 17.9. The van der Waals surface area contributed by atoms with Gasteiger partial charge in [0, 0.05) is 0 Å². The van der Waals surface area contributed by atoms with Crippen LogP contribution in [-0.2, 0) is 17.9 Å². The van der Waals surface area contributed by atoms with Crippen LogP contribution in [0.25, 0.3) is 16.6 Å². The molecular formula is C21H16N6O3. The van der Waals surface area contributed by atoms with Gasteiger partial charge >= 0.3 is 5.97 Å². The largest absolute Gasteiger partial charge is 0.453 e. The van der Waals surface area contributed by atoms with Crippen molar-refractivity contribution in [1.29, 1.82) is 5.26 Å². The Labute approximate surface area is 170 Å². The topological polar surface area (TPSA) is 116 Å². The molecule has 4 rings (SSSR count). The lowest BCUT2D eigenvalue weighted by atomic mass is 10.2. The number of hydrogen-bond donors (Lipinski definition) is 0. The highest BCUT2D eigenvalue weighted by molar-refractivity contribution is 5.88. The third kappa shape index (κ3) is 3.54. The van der Waals surface area contributed by atoms with Gasteiger partial charge in [-0.05, 0) is 31.2 Å². The van der Waals surface area contributed by atoms with E-state index in [4.69, 9.17) is 10.00 Å². The number of carbonyl (C=O) groups excluding carboxylic acids is 1. The van der Waals surface area contributed by atoms with Gasteiger partial charge in [-0.3, -0.25) is 9.36 Å². The van der Waals surface area contributed by atoms with E-state index in [0.29, 0.717) is 22.3 Å². The van der Waals surface area contributed by atoms with Crippen molar-refractivity contribution in [3.63, 3.8) is 0 Å². The first kappa shape index (κ1) is 19.0. The van der Waals surface area contributed by atoms with E-state index in [1.54, 1.807) is 31.2 Å². The number of nitriles is 1. The number of fused-ring (bicyclic) bond motifs is 1. The quantitative estimate of drug-likeness (QED) is 0.471. The van der Waals surface area contributed by atoms with Gasteiger partial charge in [-0.25, -0.2) is 9.78 Å². The molecule has 148 valence electrons. The number of aromatic nitrogens is 5. The molecule has 0 atom stereocenters. The highest BCUT2D eigenvalue weighted by Crippen LogP contribution is 2.12. The Bertz CT molecular complexity index is 1330. The number of hydrogen-bond acceptors (Lipinski definition) is 7. The zero-order valence-electron chi connectivity index (χ0n) is 16.0. The van der Waals surface area contributed by atoms with Gasteiger partial charge in [-0.2, -0.15) is 15.2 Å². The molecule has 2 aromatic carbocycles. The van der Waals surface area contributed by atoms with E-state index in [1.165, 1.54) is 9.36 Å². The maximum atomic E-state index is 12.7. The fourth-order valence-electron chi connectivity index (χ4n) is 3.00. The summed E-state index contributed by atoms with van der Waals surface area (Å²) in [5.41, 5.74) is 1.28. The summed E-state index contributed by atoms with van der Waals surface area (Å²) in [6.45, 7) is 1.17. The lowest BCUT2D eigenvalue weighted by Crippen LogP contribution is -2.26. The van der Waals surface area contributed by atoms with Crippen molar-refractivity contribution in [1.82, 2.24) is 24.5 Å². The average Bonchev–Trinajstić information content (AvgIpc) is 3.17. The van der Waals surface area contributed by atoms with Gasteiger partial charge in [-0.15, -0.1) is 5.10 Å². The second-order valence-corrected chi connectivity index (χ2v) is 6.43. The molecule has 0 aliphatic heterocycles. The molecule has 9 heteroatoms. The summed E-state index contributed by atoms with van der Waals surface area (Å²) in [6, 6.07) is 17.9. The van der Waals surface area contributed by atoms with Crippen LogP contribution >= 0.6 is 0 Å². The molecule has 0 aliphatic carbocycles. The second-order valence-electron chi connectivity index (χ2n) is 6.43. The summed E-state index contributed by atoms with van der Waals surface area (Å²) in [6.07, 6.45) is 0. The molecule has 0 radical (unpaired) electrons. The zero-order valence-corrected chi connectivity index (χ0v) is 16.0. The summed E-state index contributed by atoms with van der Waals surface area (Å²) >= 11 is 0. The summed E-state index contributed by atoms with van der Waals surface area (Å²) < 4.78 is 6.55. The van der Waals surface area contributed by atoms with Crippen molar-refractivity contribution in [2.24, 2.45) is 0 Å². The van der Waals surface area contributed by atoms with E-state index in [0.717, 1.165) is 0 Å². The molecule has 0 saturated carbocycles. The predicted molar refractivity (Wildman–Crippen MR) is 107 cm³/mol.